The SMILES string of the molecule is COc1cc(C)ccc1Oc1cc2c(cc1Cl)C=C(C(=O)O)CO2. The average Bonchev–Trinajstić information content (AvgIpc) is 2.56. The molecule has 24 heavy (non-hydrogen) atoms. The van der Waals surface area contributed by atoms with Crippen LogP contribution in [0.25, 0.3) is 6.08 Å². The number of carboxylic acids is 1. The summed E-state index contributed by atoms with van der Waals surface area (Å²) < 4.78 is 16.7. The van der Waals surface area contributed by atoms with Crippen LogP contribution in [0.15, 0.2) is 35.9 Å². The molecule has 0 amide bonds. The van der Waals surface area contributed by atoms with Crippen LogP contribution in [0.4, 0.5) is 0 Å². The van der Waals surface area contributed by atoms with Gasteiger partial charge in [-0.05, 0) is 36.8 Å². The van der Waals surface area contributed by atoms with Crippen molar-refractivity contribution >= 4 is 23.6 Å². The van der Waals surface area contributed by atoms with Gasteiger partial charge >= 0.3 is 5.97 Å². The summed E-state index contributed by atoms with van der Waals surface area (Å²) in [5, 5.41) is 9.39. The Kier molecular flexibility index (Phi) is 4.36. The zero-order valence-corrected chi connectivity index (χ0v) is 13.9. The zero-order valence-electron chi connectivity index (χ0n) is 13.1. The van der Waals surface area contributed by atoms with E-state index in [2.05, 4.69) is 0 Å². The molecule has 2 aromatic rings. The van der Waals surface area contributed by atoms with Crippen LogP contribution in [0.5, 0.6) is 23.0 Å². The lowest BCUT2D eigenvalue weighted by molar-refractivity contribution is -0.132. The summed E-state index contributed by atoms with van der Waals surface area (Å²) in [4.78, 5) is 11.0. The number of methoxy groups -OCH3 is 1. The Labute approximate surface area is 144 Å². The first kappa shape index (κ1) is 16.2. The minimum atomic E-state index is -1.01. The summed E-state index contributed by atoms with van der Waals surface area (Å²) in [5.74, 6) is 1.04. The lowest BCUT2D eigenvalue weighted by Gasteiger charge is -2.18. The molecule has 0 aromatic heterocycles. The highest BCUT2D eigenvalue weighted by Crippen LogP contribution is 2.40. The van der Waals surface area contributed by atoms with Gasteiger partial charge in [0, 0.05) is 11.6 Å². The Morgan fingerprint density at radius 2 is 2.00 bits per heavy atom. The van der Waals surface area contributed by atoms with E-state index < -0.39 is 5.97 Å². The van der Waals surface area contributed by atoms with Crippen LogP contribution in [-0.2, 0) is 4.79 Å². The molecular formula is C18H15ClO5. The maximum atomic E-state index is 11.0. The minimum Gasteiger partial charge on any atom is -0.493 e. The van der Waals surface area contributed by atoms with E-state index in [1.807, 2.05) is 19.1 Å². The van der Waals surface area contributed by atoms with E-state index >= 15 is 0 Å². The molecule has 0 bridgehead atoms. The fraction of sp³-hybridized carbons (Fsp3) is 0.167. The molecule has 1 N–H and O–H groups in total. The molecule has 1 aliphatic heterocycles. The standard InChI is InChI=1S/C18H15ClO5/c1-10-3-4-14(17(5-10)22-2)24-16-8-15-11(7-13(16)19)6-12(9-23-15)18(20)21/h3-8H,9H2,1-2H3,(H,20,21). The van der Waals surface area contributed by atoms with Crippen molar-refractivity contribution in [3.05, 3.63) is 52.1 Å². The number of fused-ring (bicyclic) bond motifs is 1. The van der Waals surface area contributed by atoms with Crippen molar-refractivity contribution in [2.75, 3.05) is 13.7 Å². The largest absolute Gasteiger partial charge is 0.493 e. The second-order valence-electron chi connectivity index (χ2n) is 5.34. The van der Waals surface area contributed by atoms with Gasteiger partial charge in [0.05, 0.1) is 17.7 Å². The maximum Gasteiger partial charge on any atom is 0.335 e. The number of carbonyl (C=O) groups is 1. The summed E-state index contributed by atoms with van der Waals surface area (Å²) in [6.45, 7) is 1.95. The Hall–Kier alpha value is -2.66. The lowest BCUT2D eigenvalue weighted by Crippen LogP contribution is -2.14. The molecule has 6 heteroatoms. The molecule has 0 atom stereocenters. The predicted octanol–water partition coefficient (Wildman–Crippen LogP) is 4.31. The van der Waals surface area contributed by atoms with E-state index in [-0.39, 0.29) is 12.2 Å². The molecule has 0 fully saturated rings. The van der Waals surface area contributed by atoms with Crippen molar-refractivity contribution < 1.29 is 24.1 Å². The molecular weight excluding hydrogens is 332 g/mol. The number of aryl methyl sites for hydroxylation is 1. The number of ether oxygens (including phenoxy) is 3. The number of halogens is 1. The van der Waals surface area contributed by atoms with Crippen LogP contribution < -0.4 is 14.2 Å². The Balaban J connectivity index is 1.96. The molecule has 0 radical (unpaired) electrons. The molecule has 0 aliphatic carbocycles. The molecule has 1 aliphatic rings. The van der Waals surface area contributed by atoms with Crippen molar-refractivity contribution in [1.82, 2.24) is 0 Å². The summed E-state index contributed by atoms with van der Waals surface area (Å²) in [6.07, 6.45) is 1.54. The third kappa shape index (κ3) is 3.16. The highest BCUT2D eigenvalue weighted by molar-refractivity contribution is 6.32. The van der Waals surface area contributed by atoms with Gasteiger partial charge in [-0.1, -0.05) is 17.7 Å². The molecule has 5 nitrogen and oxygen atoms in total. The first-order valence-electron chi connectivity index (χ1n) is 7.20. The third-order valence-electron chi connectivity index (χ3n) is 3.59. The fourth-order valence-electron chi connectivity index (χ4n) is 2.35. The van der Waals surface area contributed by atoms with Crippen LogP contribution in [0.1, 0.15) is 11.1 Å². The predicted molar refractivity (Wildman–Crippen MR) is 90.4 cm³/mol. The van der Waals surface area contributed by atoms with E-state index in [1.54, 1.807) is 31.4 Å². The summed E-state index contributed by atoms with van der Waals surface area (Å²) >= 11 is 6.27. The second kappa shape index (κ2) is 6.45. The van der Waals surface area contributed by atoms with Gasteiger partial charge in [0.15, 0.2) is 11.5 Å². The van der Waals surface area contributed by atoms with Crippen molar-refractivity contribution in [3.63, 3.8) is 0 Å². The van der Waals surface area contributed by atoms with Gasteiger partial charge in [-0.25, -0.2) is 4.79 Å². The number of rotatable bonds is 4. The number of hydrogen-bond acceptors (Lipinski definition) is 4. The van der Waals surface area contributed by atoms with Crippen molar-refractivity contribution in [2.45, 2.75) is 6.92 Å². The lowest BCUT2D eigenvalue weighted by atomic mass is 10.1. The van der Waals surface area contributed by atoms with E-state index in [1.165, 1.54) is 0 Å². The Morgan fingerprint density at radius 3 is 2.71 bits per heavy atom. The molecule has 3 rings (SSSR count). The number of aliphatic carboxylic acids is 1. The van der Waals surface area contributed by atoms with Gasteiger partial charge < -0.3 is 19.3 Å². The molecule has 0 spiro atoms. The molecule has 0 unspecified atom stereocenters. The van der Waals surface area contributed by atoms with Crippen molar-refractivity contribution in [2.24, 2.45) is 0 Å². The number of carboxylic acid groups (broad SMARTS) is 1. The van der Waals surface area contributed by atoms with Crippen LogP contribution in [0.2, 0.25) is 5.02 Å². The molecule has 2 aromatic carbocycles. The fourth-order valence-corrected chi connectivity index (χ4v) is 2.56. The Bertz CT molecular complexity index is 842. The first-order chi connectivity index (χ1) is 11.5. The zero-order chi connectivity index (χ0) is 17.3. The van der Waals surface area contributed by atoms with Crippen LogP contribution >= 0.6 is 11.6 Å². The van der Waals surface area contributed by atoms with Gasteiger partial charge in [0.2, 0.25) is 0 Å². The highest BCUT2D eigenvalue weighted by Gasteiger charge is 2.19. The topological polar surface area (TPSA) is 65.0 Å². The quantitative estimate of drug-likeness (QED) is 0.893. The first-order valence-corrected chi connectivity index (χ1v) is 7.58. The van der Waals surface area contributed by atoms with Crippen LogP contribution in [-0.4, -0.2) is 24.8 Å². The van der Waals surface area contributed by atoms with Crippen molar-refractivity contribution in [3.8, 4) is 23.0 Å². The second-order valence-corrected chi connectivity index (χ2v) is 5.75. The smallest absolute Gasteiger partial charge is 0.335 e. The summed E-state index contributed by atoms with van der Waals surface area (Å²) in [7, 11) is 1.57. The van der Waals surface area contributed by atoms with Gasteiger partial charge in [0.1, 0.15) is 18.1 Å². The number of hydrogen-bond donors (Lipinski definition) is 1. The van der Waals surface area contributed by atoms with Gasteiger partial charge in [-0.3, -0.25) is 0 Å². The minimum absolute atomic E-state index is 0.00272. The van der Waals surface area contributed by atoms with E-state index in [9.17, 15) is 4.79 Å². The number of benzene rings is 2. The third-order valence-corrected chi connectivity index (χ3v) is 3.89. The summed E-state index contributed by atoms with van der Waals surface area (Å²) in [5.41, 5.74) is 1.82. The van der Waals surface area contributed by atoms with Crippen molar-refractivity contribution in [1.29, 1.82) is 0 Å². The normalized spacial score (nSPS) is 12.7. The van der Waals surface area contributed by atoms with Gasteiger partial charge in [-0.2, -0.15) is 0 Å². The van der Waals surface area contributed by atoms with E-state index in [4.69, 9.17) is 30.9 Å². The van der Waals surface area contributed by atoms with Crippen LogP contribution in [0, 0.1) is 6.92 Å². The average molecular weight is 347 g/mol. The molecule has 0 saturated heterocycles. The molecule has 1 heterocycles. The van der Waals surface area contributed by atoms with Gasteiger partial charge in [0.25, 0.3) is 0 Å². The Morgan fingerprint density at radius 1 is 1.21 bits per heavy atom. The highest BCUT2D eigenvalue weighted by atomic mass is 35.5. The summed E-state index contributed by atoms with van der Waals surface area (Å²) in [6, 6.07) is 8.83. The maximum absolute atomic E-state index is 11.0. The van der Waals surface area contributed by atoms with E-state index in [0.717, 1.165) is 5.56 Å². The van der Waals surface area contributed by atoms with E-state index in [0.29, 0.717) is 33.6 Å². The van der Waals surface area contributed by atoms with Crippen LogP contribution in [0.3, 0.4) is 0 Å². The monoisotopic (exact) mass is 346 g/mol. The molecule has 124 valence electrons. The molecule has 0 saturated carbocycles. The van der Waals surface area contributed by atoms with Gasteiger partial charge in [-0.15, -0.1) is 0 Å².